The summed E-state index contributed by atoms with van der Waals surface area (Å²) in [5, 5.41) is 0. The molecule has 3 heteroatoms. The van der Waals surface area contributed by atoms with Crippen LogP contribution in [-0.4, -0.2) is 15.0 Å². The van der Waals surface area contributed by atoms with Crippen LogP contribution in [0.2, 0.25) is 0 Å². The quantitative estimate of drug-likeness (QED) is 0.717. The molecule has 3 nitrogen and oxygen atoms in total. The summed E-state index contributed by atoms with van der Waals surface area (Å²) in [5.74, 6) is 0. The van der Waals surface area contributed by atoms with E-state index in [4.69, 9.17) is 0 Å². The van der Waals surface area contributed by atoms with Gasteiger partial charge in [0.1, 0.15) is 0 Å². The van der Waals surface area contributed by atoms with E-state index in [1.807, 2.05) is 18.6 Å². The molecule has 13 heavy (non-hydrogen) atoms. The predicted octanol–water partition coefficient (Wildman–Crippen LogP) is 2.09. The summed E-state index contributed by atoms with van der Waals surface area (Å²) in [4.78, 5) is 11.2. The highest BCUT2D eigenvalue weighted by molar-refractivity contribution is 5.62. The first-order chi connectivity index (χ1) is 6.29. The van der Waals surface area contributed by atoms with E-state index in [1.54, 1.807) is 6.33 Å². The van der Waals surface area contributed by atoms with Crippen molar-refractivity contribution in [2.45, 2.75) is 13.8 Å². The second-order valence-corrected chi connectivity index (χ2v) is 3.09. The molecule has 1 N–H and O–H groups in total. The highest BCUT2D eigenvalue weighted by Gasteiger charge is 2.04. The van der Waals surface area contributed by atoms with Gasteiger partial charge in [0.15, 0.2) is 0 Å². The first-order valence-electron chi connectivity index (χ1n) is 4.19. The van der Waals surface area contributed by atoms with Gasteiger partial charge in [-0.3, -0.25) is 4.98 Å². The molecule has 0 aliphatic heterocycles. The first kappa shape index (κ1) is 7.98. The fourth-order valence-corrected chi connectivity index (χ4v) is 1.30. The fraction of sp³-hybridized carbons (Fsp3) is 0.200. The number of aromatic amines is 1. The highest BCUT2D eigenvalue weighted by atomic mass is 14.9. The third-order valence-electron chi connectivity index (χ3n) is 2.26. The number of hydrogen-bond donors (Lipinski definition) is 1. The average molecular weight is 173 g/mol. The molecule has 2 heterocycles. The minimum atomic E-state index is 1.02. The van der Waals surface area contributed by atoms with Crippen molar-refractivity contribution in [1.29, 1.82) is 0 Å². The molecule has 0 aliphatic carbocycles. The smallest absolute Gasteiger partial charge is 0.0924 e. The van der Waals surface area contributed by atoms with Crippen LogP contribution in [0.5, 0.6) is 0 Å². The van der Waals surface area contributed by atoms with E-state index >= 15 is 0 Å². The minimum absolute atomic E-state index is 1.02. The van der Waals surface area contributed by atoms with E-state index in [1.165, 1.54) is 11.1 Å². The molecule has 0 aliphatic rings. The molecule has 0 spiro atoms. The molecule has 0 fully saturated rings. The Morgan fingerprint density at radius 3 is 2.62 bits per heavy atom. The van der Waals surface area contributed by atoms with Gasteiger partial charge in [-0.05, 0) is 25.0 Å². The average Bonchev–Trinajstić information content (AvgIpc) is 2.62. The molecule has 0 radical (unpaired) electrons. The number of rotatable bonds is 1. The van der Waals surface area contributed by atoms with Crippen LogP contribution >= 0.6 is 0 Å². The number of aromatic nitrogens is 3. The van der Waals surface area contributed by atoms with Crippen LogP contribution in [0, 0.1) is 13.8 Å². The largest absolute Gasteiger partial charge is 0.345 e. The zero-order valence-corrected chi connectivity index (χ0v) is 7.70. The van der Waals surface area contributed by atoms with Crippen molar-refractivity contribution in [3.05, 3.63) is 36.0 Å². The summed E-state index contributed by atoms with van der Waals surface area (Å²) in [5.41, 5.74) is 4.59. The van der Waals surface area contributed by atoms with Crippen LogP contribution in [0.1, 0.15) is 11.1 Å². The number of H-pyrrole nitrogens is 1. The molecule has 66 valence electrons. The summed E-state index contributed by atoms with van der Waals surface area (Å²) in [6.07, 6.45) is 7.21. The topological polar surface area (TPSA) is 41.6 Å². The second kappa shape index (κ2) is 3.01. The Balaban J connectivity index is 2.59. The number of nitrogens with zero attached hydrogens (tertiary/aromatic N) is 2. The standard InChI is InChI=1S/C10H11N3/c1-7-3-11-4-9(8(7)2)10-5-12-6-13-10/h3-6H,1-2H3,(H,12,13). The van der Waals surface area contributed by atoms with Crippen molar-refractivity contribution in [3.8, 4) is 11.3 Å². The number of hydrogen-bond acceptors (Lipinski definition) is 2. The molecule has 0 atom stereocenters. The van der Waals surface area contributed by atoms with Gasteiger partial charge >= 0.3 is 0 Å². The maximum absolute atomic E-state index is 4.15. The Labute approximate surface area is 76.9 Å². The van der Waals surface area contributed by atoms with Crippen molar-refractivity contribution in [2.24, 2.45) is 0 Å². The summed E-state index contributed by atoms with van der Waals surface area (Å²) < 4.78 is 0. The Kier molecular flexibility index (Phi) is 1.85. The van der Waals surface area contributed by atoms with Gasteiger partial charge in [0.2, 0.25) is 0 Å². The lowest BCUT2D eigenvalue weighted by Crippen LogP contribution is -1.88. The number of imidazole rings is 1. The van der Waals surface area contributed by atoms with Gasteiger partial charge in [0.25, 0.3) is 0 Å². The first-order valence-corrected chi connectivity index (χ1v) is 4.19. The fourth-order valence-electron chi connectivity index (χ4n) is 1.30. The molecular formula is C10H11N3. The van der Waals surface area contributed by atoms with Crippen LogP contribution in [0.3, 0.4) is 0 Å². The van der Waals surface area contributed by atoms with Crippen LogP contribution in [0.4, 0.5) is 0 Å². The molecule has 0 aromatic carbocycles. The molecule has 2 aromatic rings. The van der Waals surface area contributed by atoms with E-state index in [0.29, 0.717) is 0 Å². The van der Waals surface area contributed by atoms with E-state index in [9.17, 15) is 0 Å². The Bertz CT molecular complexity index is 404. The van der Waals surface area contributed by atoms with Gasteiger partial charge in [-0.2, -0.15) is 0 Å². The van der Waals surface area contributed by atoms with Crippen molar-refractivity contribution in [1.82, 2.24) is 15.0 Å². The van der Waals surface area contributed by atoms with Crippen molar-refractivity contribution < 1.29 is 0 Å². The zero-order chi connectivity index (χ0) is 9.26. The van der Waals surface area contributed by atoms with Crippen LogP contribution in [0.25, 0.3) is 11.3 Å². The Hall–Kier alpha value is -1.64. The third kappa shape index (κ3) is 1.33. The highest BCUT2D eigenvalue weighted by Crippen LogP contribution is 2.21. The van der Waals surface area contributed by atoms with E-state index in [-0.39, 0.29) is 0 Å². The van der Waals surface area contributed by atoms with Crippen molar-refractivity contribution in [3.63, 3.8) is 0 Å². The van der Waals surface area contributed by atoms with E-state index in [0.717, 1.165) is 11.3 Å². The predicted molar refractivity (Wildman–Crippen MR) is 51.3 cm³/mol. The Morgan fingerprint density at radius 1 is 1.08 bits per heavy atom. The van der Waals surface area contributed by atoms with E-state index in [2.05, 4.69) is 28.8 Å². The number of nitrogens with one attached hydrogen (secondary N) is 1. The van der Waals surface area contributed by atoms with Crippen LogP contribution in [-0.2, 0) is 0 Å². The Morgan fingerprint density at radius 2 is 1.92 bits per heavy atom. The van der Waals surface area contributed by atoms with Gasteiger partial charge in [0, 0.05) is 18.0 Å². The maximum Gasteiger partial charge on any atom is 0.0924 e. The lowest BCUT2D eigenvalue weighted by Gasteiger charge is -2.04. The van der Waals surface area contributed by atoms with E-state index < -0.39 is 0 Å². The summed E-state index contributed by atoms with van der Waals surface area (Å²) in [6, 6.07) is 0. The lowest BCUT2D eigenvalue weighted by molar-refractivity contribution is 1.21. The minimum Gasteiger partial charge on any atom is -0.345 e. The van der Waals surface area contributed by atoms with Crippen LogP contribution < -0.4 is 0 Å². The van der Waals surface area contributed by atoms with Gasteiger partial charge < -0.3 is 4.98 Å². The third-order valence-corrected chi connectivity index (χ3v) is 2.26. The number of aryl methyl sites for hydroxylation is 1. The molecule has 2 rings (SSSR count). The molecule has 0 unspecified atom stereocenters. The monoisotopic (exact) mass is 173 g/mol. The molecule has 0 saturated heterocycles. The molecule has 2 aromatic heterocycles. The molecule has 0 bridgehead atoms. The maximum atomic E-state index is 4.15. The lowest BCUT2D eigenvalue weighted by atomic mass is 10.1. The molecule has 0 saturated carbocycles. The zero-order valence-electron chi connectivity index (χ0n) is 7.70. The van der Waals surface area contributed by atoms with Crippen LogP contribution in [0.15, 0.2) is 24.9 Å². The summed E-state index contributed by atoms with van der Waals surface area (Å²) in [6.45, 7) is 4.15. The summed E-state index contributed by atoms with van der Waals surface area (Å²) in [7, 11) is 0. The normalized spacial score (nSPS) is 10.3. The SMILES string of the molecule is Cc1cncc(-c2cnc[nH]2)c1C. The van der Waals surface area contributed by atoms with Gasteiger partial charge in [-0.15, -0.1) is 0 Å². The van der Waals surface area contributed by atoms with Crippen molar-refractivity contribution in [2.75, 3.05) is 0 Å². The molecular weight excluding hydrogens is 162 g/mol. The van der Waals surface area contributed by atoms with Crippen molar-refractivity contribution >= 4 is 0 Å². The second-order valence-electron chi connectivity index (χ2n) is 3.09. The van der Waals surface area contributed by atoms with Gasteiger partial charge in [0.05, 0.1) is 18.2 Å². The van der Waals surface area contributed by atoms with Gasteiger partial charge in [-0.1, -0.05) is 0 Å². The number of pyridine rings is 1. The summed E-state index contributed by atoms with van der Waals surface area (Å²) >= 11 is 0. The van der Waals surface area contributed by atoms with Gasteiger partial charge in [-0.25, -0.2) is 4.98 Å². The molecule has 0 amide bonds.